The number of nitrogens with one attached hydrogen (secondary N) is 1. The quantitative estimate of drug-likeness (QED) is 0.864. The largest absolute Gasteiger partial charge is 0.371 e. The van der Waals surface area contributed by atoms with Crippen molar-refractivity contribution in [3.8, 4) is 0 Å². The van der Waals surface area contributed by atoms with Gasteiger partial charge >= 0.3 is 0 Å². The zero-order valence-electron chi connectivity index (χ0n) is 10.6. The minimum atomic E-state index is 0.757. The van der Waals surface area contributed by atoms with E-state index in [-0.39, 0.29) is 0 Å². The van der Waals surface area contributed by atoms with Crippen molar-refractivity contribution in [1.29, 1.82) is 0 Å². The molecule has 2 aliphatic rings. The highest BCUT2D eigenvalue weighted by Gasteiger charge is 2.55. The van der Waals surface area contributed by atoms with Gasteiger partial charge in [0.1, 0.15) is 0 Å². The van der Waals surface area contributed by atoms with Crippen LogP contribution in [0.1, 0.15) is 0 Å². The first-order valence-corrected chi connectivity index (χ1v) is 6.77. The predicted molar refractivity (Wildman–Crippen MR) is 76.0 cm³/mol. The molecule has 2 unspecified atom stereocenters. The summed E-state index contributed by atoms with van der Waals surface area (Å²) in [7, 11) is 2.24. The third-order valence-electron chi connectivity index (χ3n) is 4.63. The Balaban J connectivity index is 1.66. The first-order valence-electron chi connectivity index (χ1n) is 6.77. The number of rotatable bonds is 2. The smallest absolute Gasteiger partial charge is 0.0375 e. The van der Waals surface area contributed by atoms with E-state index >= 15 is 0 Å². The lowest BCUT2D eigenvalue weighted by Gasteiger charge is -2.22. The van der Waals surface area contributed by atoms with Crippen molar-refractivity contribution >= 4 is 16.5 Å². The van der Waals surface area contributed by atoms with Crippen LogP contribution in [0.3, 0.4) is 0 Å². The van der Waals surface area contributed by atoms with Crippen molar-refractivity contribution in [3.63, 3.8) is 0 Å². The summed E-state index contributed by atoms with van der Waals surface area (Å²) in [6.07, 6.45) is 0. The van der Waals surface area contributed by atoms with Crippen LogP contribution in [0.5, 0.6) is 0 Å². The molecule has 1 aliphatic heterocycles. The second kappa shape index (κ2) is 3.72. The van der Waals surface area contributed by atoms with Gasteiger partial charge in [-0.15, -0.1) is 0 Å². The highest BCUT2D eigenvalue weighted by molar-refractivity contribution is 5.85. The van der Waals surface area contributed by atoms with Crippen LogP contribution in [0, 0.1) is 11.8 Å². The average Bonchev–Trinajstić information content (AvgIpc) is 2.90. The monoisotopic (exact) mass is 238 g/mol. The third kappa shape index (κ3) is 1.45. The van der Waals surface area contributed by atoms with E-state index in [0.717, 1.165) is 17.9 Å². The van der Waals surface area contributed by atoms with Gasteiger partial charge in [0.2, 0.25) is 0 Å². The van der Waals surface area contributed by atoms with E-state index in [1.807, 2.05) is 0 Å². The summed E-state index contributed by atoms with van der Waals surface area (Å²) >= 11 is 0. The van der Waals surface area contributed by atoms with Gasteiger partial charge in [-0.05, 0) is 34.7 Å². The first kappa shape index (κ1) is 10.4. The maximum atomic E-state index is 3.46. The Labute approximate surface area is 108 Å². The zero-order chi connectivity index (χ0) is 12.1. The Kier molecular flexibility index (Phi) is 2.15. The number of anilines is 1. The molecule has 0 bridgehead atoms. The number of nitrogens with zero attached hydrogens (tertiary/aromatic N) is 1. The summed E-state index contributed by atoms with van der Waals surface area (Å²) < 4.78 is 0. The molecule has 2 nitrogen and oxygen atoms in total. The molecule has 0 spiro atoms. The molecule has 2 heteroatoms. The summed E-state index contributed by atoms with van der Waals surface area (Å²) in [5.41, 5.74) is 1.35. The molecule has 0 aromatic heterocycles. The van der Waals surface area contributed by atoms with E-state index in [0.29, 0.717) is 0 Å². The van der Waals surface area contributed by atoms with Gasteiger partial charge in [-0.3, -0.25) is 0 Å². The van der Waals surface area contributed by atoms with Crippen LogP contribution >= 0.6 is 0 Å². The normalized spacial score (nSPS) is 29.3. The van der Waals surface area contributed by atoms with Crippen LogP contribution in [0.15, 0.2) is 42.5 Å². The lowest BCUT2D eigenvalue weighted by atomic mass is 10.1. The Bertz CT molecular complexity index is 582. The van der Waals surface area contributed by atoms with Gasteiger partial charge in [0.15, 0.2) is 0 Å². The predicted octanol–water partition coefficient (Wildman–Crippen LogP) is 2.49. The highest BCUT2D eigenvalue weighted by Crippen LogP contribution is 2.46. The van der Waals surface area contributed by atoms with E-state index < -0.39 is 0 Å². The zero-order valence-corrected chi connectivity index (χ0v) is 10.6. The minimum Gasteiger partial charge on any atom is -0.371 e. The molecule has 18 heavy (non-hydrogen) atoms. The molecule has 2 atom stereocenters. The molecule has 2 aromatic rings. The first-order chi connectivity index (χ1) is 8.84. The van der Waals surface area contributed by atoms with Crippen molar-refractivity contribution < 1.29 is 0 Å². The van der Waals surface area contributed by atoms with Crippen molar-refractivity contribution in [2.45, 2.75) is 6.04 Å². The maximum absolute atomic E-state index is 3.46. The average molecular weight is 238 g/mol. The fourth-order valence-corrected chi connectivity index (χ4v) is 3.53. The Hall–Kier alpha value is -1.54. The van der Waals surface area contributed by atoms with Gasteiger partial charge in [0, 0.05) is 31.9 Å². The van der Waals surface area contributed by atoms with Crippen molar-refractivity contribution in [2.24, 2.45) is 11.8 Å². The molecule has 1 heterocycles. The fourth-order valence-electron chi connectivity index (χ4n) is 3.53. The SMILES string of the molecule is CN(c1ccc2ccccc2c1)C1C2CNCC21. The molecule has 92 valence electrons. The van der Waals surface area contributed by atoms with Crippen LogP contribution < -0.4 is 10.2 Å². The van der Waals surface area contributed by atoms with E-state index in [9.17, 15) is 0 Å². The van der Waals surface area contributed by atoms with Crippen LogP contribution in [-0.4, -0.2) is 26.2 Å². The molecule has 1 N–H and O–H groups in total. The lowest BCUT2D eigenvalue weighted by Crippen LogP contribution is -2.29. The Morgan fingerprint density at radius 2 is 1.72 bits per heavy atom. The second-order valence-electron chi connectivity index (χ2n) is 5.62. The topological polar surface area (TPSA) is 15.3 Å². The fraction of sp³-hybridized carbons (Fsp3) is 0.375. The second-order valence-corrected chi connectivity index (χ2v) is 5.62. The van der Waals surface area contributed by atoms with Gasteiger partial charge in [0.05, 0.1) is 0 Å². The molecule has 1 aliphatic carbocycles. The van der Waals surface area contributed by atoms with Crippen LogP contribution in [0.4, 0.5) is 5.69 Å². The molecule has 1 saturated heterocycles. The van der Waals surface area contributed by atoms with Gasteiger partial charge in [-0.25, -0.2) is 0 Å². The van der Waals surface area contributed by atoms with E-state index in [1.165, 1.54) is 29.5 Å². The third-order valence-corrected chi connectivity index (χ3v) is 4.63. The van der Waals surface area contributed by atoms with Crippen molar-refractivity contribution in [3.05, 3.63) is 42.5 Å². The van der Waals surface area contributed by atoms with Gasteiger partial charge < -0.3 is 10.2 Å². The van der Waals surface area contributed by atoms with E-state index in [1.54, 1.807) is 0 Å². The standard InChI is InChI=1S/C16H18N2/c1-18(16-14-9-17-10-15(14)16)13-7-6-11-4-2-3-5-12(11)8-13/h2-8,14-17H,9-10H2,1H3. The van der Waals surface area contributed by atoms with Gasteiger partial charge in [0.25, 0.3) is 0 Å². The van der Waals surface area contributed by atoms with Crippen LogP contribution in [-0.2, 0) is 0 Å². The van der Waals surface area contributed by atoms with Crippen molar-refractivity contribution in [2.75, 3.05) is 25.0 Å². The summed E-state index contributed by atoms with van der Waals surface area (Å²) in [5, 5.41) is 6.13. The number of benzene rings is 2. The van der Waals surface area contributed by atoms with Crippen molar-refractivity contribution in [1.82, 2.24) is 5.32 Å². The number of piperidine rings is 1. The molecular weight excluding hydrogens is 220 g/mol. The molecule has 1 saturated carbocycles. The minimum absolute atomic E-state index is 0.757. The summed E-state index contributed by atoms with van der Waals surface area (Å²) in [4.78, 5) is 2.47. The summed E-state index contributed by atoms with van der Waals surface area (Å²) in [6.45, 7) is 2.40. The molecule has 0 radical (unpaired) electrons. The molecule has 2 aromatic carbocycles. The Morgan fingerprint density at radius 3 is 2.50 bits per heavy atom. The number of hydrogen-bond donors (Lipinski definition) is 1. The summed E-state index contributed by atoms with van der Waals surface area (Å²) in [6, 6.07) is 16.1. The number of fused-ring (bicyclic) bond motifs is 2. The van der Waals surface area contributed by atoms with E-state index in [4.69, 9.17) is 0 Å². The Morgan fingerprint density at radius 1 is 1.00 bits per heavy atom. The lowest BCUT2D eigenvalue weighted by molar-refractivity contribution is 0.655. The van der Waals surface area contributed by atoms with Crippen LogP contribution in [0.2, 0.25) is 0 Å². The van der Waals surface area contributed by atoms with Gasteiger partial charge in [-0.2, -0.15) is 0 Å². The maximum Gasteiger partial charge on any atom is 0.0375 e. The molecule has 0 amide bonds. The molecular formula is C16H18N2. The van der Waals surface area contributed by atoms with Gasteiger partial charge in [-0.1, -0.05) is 30.3 Å². The summed E-state index contributed by atoms with van der Waals surface area (Å²) in [5.74, 6) is 1.75. The molecule has 2 fully saturated rings. The number of hydrogen-bond acceptors (Lipinski definition) is 2. The highest BCUT2D eigenvalue weighted by atomic mass is 15.2. The van der Waals surface area contributed by atoms with E-state index in [2.05, 4.69) is 59.7 Å². The molecule has 4 rings (SSSR count). The van der Waals surface area contributed by atoms with Crippen LogP contribution in [0.25, 0.3) is 10.8 Å².